The van der Waals surface area contributed by atoms with E-state index < -0.39 is 18.5 Å². The lowest BCUT2D eigenvalue weighted by Crippen LogP contribution is -2.21. The Hall–Kier alpha value is -1.86. The molecule has 1 heterocycles. The van der Waals surface area contributed by atoms with Crippen molar-refractivity contribution in [3.8, 4) is 0 Å². The molecule has 1 N–H and O–H groups in total. The molecule has 2 rings (SSSR count). The molecule has 1 amide bonds. The quantitative estimate of drug-likeness (QED) is 0.418. The predicted octanol–water partition coefficient (Wildman–Crippen LogP) is 4.69. The van der Waals surface area contributed by atoms with E-state index in [-0.39, 0.29) is 31.7 Å². The Bertz CT molecular complexity index is 902. The highest BCUT2D eigenvalue weighted by atomic mass is 35.5. The van der Waals surface area contributed by atoms with E-state index in [1.54, 1.807) is 18.2 Å². The van der Waals surface area contributed by atoms with Crippen molar-refractivity contribution in [3.63, 3.8) is 0 Å². The van der Waals surface area contributed by atoms with Gasteiger partial charge in [0.15, 0.2) is 18.1 Å². The van der Waals surface area contributed by atoms with Gasteiger partial charge in [-0.05, 0) is 19.1 Å². The van der Waals surface area contributed by atoms with Crippen molar-refractivity contribution < 1.29 is 19.1 Å². The zero-order chi connectivity index (χ0) is 19.4. The maximum Gasteiger partial charge on any atom is 0.359 e. The van der Waals surface area contributed by atoms with E-state index in [2.05, 4.69) is 10.3 Å². The molecule has 0 spiro atoms. The second-order valence-corrected chi connectivity index (χ2v) is 6.45. The first-order valence-corrected chi connectivity index (χ1v) is 8.50. The van der Waals surface area contributed by atoms with E-state index in [1.165, 1.54) is 13.0 Å². The Labute approximate surface area is 168 Å². The molecular formula is C16H10Cl4N2O4. The maximum absolute atomic E-state index is 12.0. The summed E-state index contributed by atoms with van der Waals surface area (Å²) >= 11 is 23.2. The van der Waals surface area contributed by atoms with Gasteiger partial charge in [-0.2, -0.15) is 0 Å². The van der Waals surface area contributed by atoms with Gasteiger partial charge in [-0.25, -0.2) is 9.78 Å². The summed E-state index contributed by atoms with van der Waals surface area (Å²) in [7, 11) is 0. The van der Waals surface area contributed by atoms with E-state index in [0.717, 1.165) is 0 Å². The van der Waals surface area contributed by atoms with Crippen LogP contribution >= 0.6 is 46.4 Å². The number of halogens is 4. The lowest BCUT2D eigenvalue weighted by Gasteiger charge is -2.09. The smallest absolute Gasteiger partial charge is 0.359 e. The summed E-state index contributed by atoms with van der Waals surface area (Å²) in [5.74, 6) is -1.77. The molecule has 6 nitrogen and oxygen atoms in total. The van der Waals surface area contributed by atoms with Crippen molar-refractivity contribution in [3.05, 3.63) is 55.7 Å². The molecule has 2 aromatic rings. The third-order valence-corrected chi connectivity index (χ3v) is 4.74. The Morgan fingerprint density at radius 2 is 1.77 bits per heavy atom. The third kappa shape index (κ3) is 4.86. The van der Waals surface area contributed by atoms with Crippen molar-refractivity contribution in [1.82, 2.24) is 4.98 Å². The summed E-state index contributed by atoms with van der Waals surface area (Å²) in [5, 5.41) is 1.79. The van der Waals surface area contributed by atoms with Crippen LogP contribution in [0.15, 0.2) is 24.3 Å². The average molecular weight is 436 g/mol. The van der Waals surface area contributed by atoms with Gasteiger partial charge in [0.05, 0.1) is 15.1 Å². The monoisotopic (exact) mass is 434 g/mol. The number of ether oxygens (including phenoxy) is 1. The zero-order valence-corrected chi connectivity index (χ0v) is 16.1. The standard InChI is InChI=1S/C16H10Cl4N2O4/c1-7(23)8-3-2-4-9(5-8)21-10(24)6-26-16(25)14-12(18)11(17)13(19)15(20)22-14/h2-5H,6H2,1H3,(H,21,24). The molecule has 10 heteroatoms. The van der Waals surface area contributed by atoms with E-state index in [0.29, 0.717) is 11.3 Å². The van der Waals surface area contributed by atoms with E-state index in [4.69, 9.17) is 51.1 Å². The van der Waals surface area contributed by atoms with Crippen LogP contribution in [0.3, 0.4) is 0 Å². The fourth-order valence-corrected chi connectivity index (χ4v) is 2.64. The lowest BCUT2D eigenvalue weighted by atomic mass is 10.1. The highest BCUT2D eigenvalue weighted by molar-refractivity contribution is 6.52. The van der Waals surface area contributed by atoms with Crippen LogP contribution in [0.5, 0.6) is 0 Å². The third-order valence-electron chi connectivity index (χ3n) is 3.06. The van der Waals surface area contributed by atoms with Gasteiger partial charge in [-0.1, -0.05) is 58.5 Å². The molecule has 0 saturated heterocycles. The van der Waals surface area contributed by atoms with Crippen molar-refractivity contribution in [2.45, 2.75) is 6.92 Å². The molecule has 0 saturated carbocycles. The van der Waals surface area contributed by atoms with Crippen LogP contribution in [0, 0.1) is 0 Å². The lowest BCUT2D eigenvalue weighted by molar-refractivity contribution is -0.119. The molecule has 0 fully saturated rings. The fourth-order valence-electron chi connectivity index (χ4n) is 1.83. The summed E-state index contributed by atoms with van der Waals surface area (Å²) in [5.41, 5.74) is 0.450. The summed E-state index contributed by atoms with van der Waals surface area (Å²) in [4.78, 5) is 39.0. The minimum Gasteiger partial charge on any atom is -0.451 e. The summed E-state index contributed by atoms with van der Waals surface area (Å²) in [6.07, 6.45) is 0. The number of carbonyl (C=O) groups is 3. The van der Waals surface area contributed by atoms with Crippen LogP contribution in [-0.4, -0.2) is 29.3 Å². The molecule has 0 aliphatic rings. The van der Waals surface area contributed by atoms with E-state index in [9.17, 15) is 14.4 Å². The molecule has 0 aliphatic carbocycles. The van der Waals surface area contributed by atoms with Gasteiger partial charge in [0, 0.05) is 11.3 Å². The number of pyridine rings is 1. The van der Waals surface area contributed by atoms with Gasteiger partial charge < -0.3 is 10.1 Å². The van der Waals surface area contributed by atoms with Gasteiger partial charge in [-0.15, -0.1) is 0 Å². The van der Waals surface area contributed by atoms with Crippen molar-refractivity contribution in [2.24, 2.45) is 0 Å². The SMILES string of the molecule is CC(=O)c1cccc(NC(=O)COC(=O)c2nc(Cl)c(Cl)c(Cl)c2Cl)c1. The number of hydrogen-bond acceptors (Lipinski definition) is 5. The number of benzene rings is 1. The number of Topliss-reactive ketones (excluding diaryl/α,β-unsaturated/α-hetero) is 1. The number of hydrogen-bond donors (Lipinski definition) is 1. The number of nitrogens with one attached hydrogen (secondary N) is 1. The van der Waals surface area contributed by atoms with Gasteiger partial charge >= 0.3 is 5.97 Å². The van der Waals surface area contributed by atoms with Gasteiger partial charge in [0.25, 0.3) is 5.91 Å². The molecule has 0 unspecified atom stereocenters. The minimum atomic E-state index is -0.997. The Kier molecular flexibility index (Phi) is 6.83. The highest BCUT2D eigenvalue weighted by Crippen LogP contribution is 2.36. The molecule has 0 atom stereocenters. The number of anilines is 1. The fraction of sp³-hybridized carbons (Fsp3) is 0.125. The minimum absolute atomic E-state index is 0.0991. The van der Waals surface area contributed by atoms with Crippen LogP contribution < -0.4 is 5.32 Å². The zero-order valence-electron chi connectivity index (χ0n) is 13.1. The van der Waals surface area contributed by atoms with Crippen molar-refractivity contribution >= 4 is 69.8 Å². The molecule has 0 bridgehead atoms. The number of esters is 1. The largest absolute Gasteiger partial charge is 0.451 e. The van der Waals surface area contributed by atoms with Crippen LogP contribution in [0.2, 0.25) is 20.2 Å². The Morgan fingerprint density at radius 1 is 1.08 bits per heavy atom. The first-order valence-electron chi connectivity index (χ1n) is 6.98. The second-order valence-electron chi connectivity index (χ2n) is 4.95. The van der Waals surface area contributed by atoms with Crippen LogP contribution in [0.25, 0.3) is 0 Å². The molecular weight excluding hydrogens is 426 g/mol. The number of nitrogens with zero attached hydrogens (tertiary/aromatic N) is 1. The number of rotatable bonds is 5. The molecule has 1 aromatic heterocycles. The Morgan fingerprint density at radius 3 is 2.42 bits per heavy atom. The first kappa shape index (κ1) is 20.5. The summed E-state index contributed by atoms with van der Waals surface area (Å²) in [6, 6.07) is 6.31. The topological polar surface area (TPSA) is 85.4 Å². The molecule has 136 valence electrons. The maximum atomic E-state index is 12.0. The normalized spacial score (nSPS) is 10.3. The van der Waals surface area contributed by atoms with Crippen LogP contribution in [-0.2, 0) is 9.53 Å². The second kappa shape index (κ2) is 8.68. The number of ketones is 1. The van der Waals surface area contributed by atoms with Crippen molar-refractivity contribution in [1.29, 1.82) is 0 Å². The van der Waals surface area contributed by atoms with E-state index in [1.807, 2.05) is 0 Å². The molecule has 1 aromatic carbocycles. The summed E-state index contributed by atoms with van der Waals surface area (Å²) in [6.45, 7) is 0.792. The molecule has 0 aliphatic heterocycles. The number of carbonyl (C=O) groups excluding carboxylic acids is 3. The summed E-state index contributed by atoms with van der Waals surface area (Å²) < 4.78 is 4.85. The highest BCUT2D eigenvalue weighted by Gasteiger charge is 2.22. The van der Waals surface area contributed by atoms with Gasteiger partial charge in [0.2, 0.25) is 0 Å². The number of aromatic nitrogens is 1. The number of amides is 1. The van der Waals surface area contributed by atoms with Crippen LogP contribution in [0.4, 0.5) is 5.69 Å². The predicted molar refractivity (Wildman–Crippen MR) is 99.6 cm³/mol. The van der Waals surface area contributed by atoms with Crippen LogP contribution in [0.1, 0.15) is 27.8 Å². The average Bonchev–Trinajstić information content (AvgIpc) is 2.61. The Balaban J connectivity index is 2.03. The van der Waals surface area contributed by atoms with Gasteiger partial charge in [0.1, 0.15) is 5.15 Å². The first-order chi connectivity index (χ1) is 12.2. The molecule has 26 heavy (non-hydrogen) atoms. The van der Waals surface area contributed by atoms with Crippen molar-refractivity contribution in [2.75, 3.05) is 11.9 Å². The van der Waals surface area contributed by atoms with Gasteiger partial charge in [-0.3, -0.25) is 9.59 Å². The van der Waals surface area contributed by atoms with E-state index >= 15 is 0 Å². The molecule has 0 radical (unpaired) electrons.